The third-order valence-electron chi connectivity index (χ3n) is 10.6. The summed E-state index contributed by atoms with van der Waals surface area (Å²) < 4.78 is 29.5. The third kappa shape index (κ3) is 14.4. The molecule has 13 heteroatoms. The Morgan fingerprint density at radius 1 is 1.11 bits per heavy atom. The van der Waals surface area contributed by atoms with Gasteiger partial charge >= 0.3 is 18.0 Å². The summed E-state index contributed by atoms with van der Waals surface area (Å²) in [7, 11) is 1.69. The largest absolute Gasteiger partial charge is 0.457 e. The molecule has 0 aromatic rings. The fourth-order valence-electron chi connectivity index (χ4n) is 7.01. The zero-order valence-electron chi connectivity index (χ0n) is 34.4. The van der Waals surface area contributed by atoms with Crippen LogP contribution in [0, 0.1) is 17.8 Å². The van der Waals surface area contributed by atoms with Crippen LogP contribution in [0.1, 0.15) is 94.4 Å². The molecule has 0 aromatic heterocycles. The van der Waals surface area contributed by atoms with E-state index in [-0.39, 0.29) is 68.4 Å². The molecule has 2 saturated heterocycles. The molecule has 0 radical (unpaired) electrons. The smallest absolute Gasteiger partial charge is 0.410 e. The number of aliphatic hydroxyl groups is 3. The van der Waals surface area contributed by atoms with Crippen LogP contribution in [0.2, 0.25) is 0 Å². The Kier molecular flexibility index (Phi) is 20.4. The van der Waals surface area contributed by atoms with Gasteiger partial charge in [0, 0.05) is 64.0 Å². The van der Waals surface area contributed by atoms with Gasteiger partial charge in [-0.05, 0) is 44.8 Å². The van der Waals surface area contributed by atoms with E-state index in [1.807, 2.05) is 52.8 Å². The molecular formula is C41H70N2O11. The Hall–Kier alpha value is -2.81. The van der Waals surface area contributed by atoms with E-state index in [1.54, 1.807) is 38.0 Å². The van der Waals surface area contributed by atoms with Gasteiger partial charge in [0.05, 0.1) is 31.3 Å². The lowest BCUT2D eigenvalue weighted by Crippen LogP contribution is -2.50. The summed E-state index contributed by atoms with van der Waals surface area (Å²) in [5.41, 5.74) is -0.731. The predicted octanol–water partition coefficient (Wildman–Crippen LogP) is 4.82. The summed E-state index contributed by atoms with van der Waals surface area (Å²) >= 11 is 0. The topological polar surface area (TPSA) is 168 Å². The van der Waals surface area contributed by atoms with E-state index >= 15 is 0 Å². The van der Waals surface area contributed by atoms with Crippen molar-refractivity contribution in [2.45, 2.75) is 143 Å². The Labute approximate surface area is 323 Å². The van der Waals surface area contributed by atoms with Crippen molar-refractivity contribution in [3.05, 3.63) is 36.0 Å². The number of rotatable bonds is 14. The monoisotopic (exact) mass is 766 g/mol. The Bertz CT molecular complexity index is 1240. The molecule has 11 atom stereocenters. The van der Waals surface area contributed by atoms with E-state index in [9.17, 15) is 29.7 Å². The molecule has 3 aliphatic heterocycles. The molecular weight excluding hydrogens is 696 g/mol. The minimum atomic E-state index is -1.46. The van der Waals surface area contributed by atoms with Gasteiger partial charge in [-0.15, -0.1) is 0 Å². The molecule has 0 saturated carbocycles. The number of carbonyl (C=O) groups excluding carboxylic acids is 3. The summed E-state index contributed by atoms with van der Waals surface area (Å²) in [6.45, 7) is 20.0. The number of allylic oxidation sites excluding steroid dienone is 2. The molecule has 11 unspecified atom stereocenters. The van der Waals surface area contributed by atoms with Crippen molar-refractivity contribution in [3.63, 3.8) is 0 Å². The van der Waals surface area contributed by atoms with Crippen molar-refractivity contribution in [3.8, 4) is 0 Å². The molecule has 3 aliphatic rings. The van der Waals surface area contributed by atoms with Crippen LogP contribution in [0.3, 0.4) is 0 Å². The van der Waals surface area contributed by atoms with Crippen molar-refractivity contribution in [1.82, 2.24) is 9.80 Å². The Balaban J connectivity index is 0.00000495. The minimum absolute atomic E-state index is 0.00768. The van der Waals surface area contributed by atoms with Crippen molar-refractivity contribution in [2.75, 3.05) is 46.4 Å². The van der Waals surface area contributed by atoms with Crippen LogP contribution < -0.4 is 0 Å². The maximum atomic E-state index is 13.4. The molecule has 54 heavy (non-hydrogen) atoms. The van der Waals surface area contributed by atoms with Crippen molar-refractivity contribution in [1.29, 1.82) is 0 Å². The number of cyclic esters (lactones) is 1. The Morgan fingerprint density at radius 2 is 1.78 bits per heavy atom. The second-order valence-corrected chi connectivity index (χ2v) is 14.8. The molecule has 310 valence electrons. The van der Waals surface area contributed by atoms with E-state index in [4.69, 9.17) is 23.7 Å². The molecule has 3 N–H and O–H groups in total. The van der Waals surface area contributed by atoms with E-state index in [2.05, 4.69) is 18.7 Å². The molecule has 0 aliphatic carbocycles. The number of epoxide rings is 1. The number of methoxy groups -OCH3 is 1. The molecule has 0 spiro atoms. The first-order chi connectivity index (χ1) is 25.6. The number of hydrogen-bond donors (Lipinski definition) is 3. The highest BCUT2D eigenvalue weighted by Gasteiger charge is 2.53. The van der Waals surface area contributed by atoms with E-state index in [0.29, 0.717) is 32.7 Å². The van der Waals surface area contributed by atoms with Crippen LogP contribution in [0.5, 0.6) is 0 Å². The zero-order valence-corrected chi connectivity index (χ0v) is 34.4. The van der Waals surface area contributed by atoms with Gasteiger partial charge in [-0.1, -0.05) is 72.8 Å². The molecule has 3 heterocycles. The maximum Gasteiger partial charge on any atom is 0.410 e. The summed E-state index contributed by atoms with van der Waals surface area (Å²) in [6.07, 6.45) is 5.92. The number of piperazine rings is 1. The van der Waals surface area contributed by atoms with E-state index in [1.165, 1.54) is 0 Å². The summed E-state index contributed by atoms with van der Waals surface area (Å²) in [5, 5.41) is 31.0. The molecule has 0 aromatic carbocycles. The lowest BCUT2D eigenvalue weighted by Gasteiger charge is -2.35. The molecule has 13 nitrogen and oxygen atoms in total. The molecule has 0 bridgehead atoms. The standard InChI is InChI=1S/C39H64N2O11.C2H6/c1-9-30(48-8)28(6)36-37(51-36)35(52-38(46)41-20-18-40(19-21-41)22-23-42)26(4)13-11-12-25(3)34-27(5)14-15-31(49-32(44)10-2)39(7,47)17-16-29(43)24-33(45)50-34;1-2/h11-15,26-31,34-37,42-43,47H,9-10,16-24H2,1-8H3;1-2H3/b13-11+,15-14+,25-12+;. The zero-order chi connectivity index (χ0) is 40.6. The first kappa shape index (κ1) is 47.3. The number of aliphatic hydroxyl groups excluding tert-OH is 2. The predicted molar refractivity (Wildman–Crippen MR) is 207 cm³/mol. The van der Waals surface area contributed by atoms with Crippen LogP contribution in [0.25, 0.3) is 0 Å². The normalized spacial score (nSPS) is 31.4. The lowest BCUT2D eigenvalue weighted by atomic mass is 9.88. The van der Waals surface area contributed by atoms with Gasteiger partial charge in [0.15, 0.2) is 0 Å². The highest BCUT2D eigenvalue weighted by atomic mass is 16.6. The second-order valence-electron chi connectivity index (χ2n) is 14.8. The number of carbonyl (C=O) groups is 3. The number of ether oxygens (including phenoxy) is 5. The van der Waals surface area contributed by atoms with Crippen LogP contribution in [0.15, 0.2) is 36.0 Å². The molecule has 3 rings (SSSR count). The van der Waals surface area contributed by atoms with Crippen LogP contribution >= 0.6 is 0 Å². The minimum Gasteiger partial charge on any atom is -0.457 e. The van der Waals surface area contributed by atoms with Crippen LogP contribution in [-0.4, -0.2) is 138 Å². The molecule has 1 amide bonds. The highest BCUT2D eigenvalue weighted by molar-refractivity contribution is 5.71. The van der Waals surface area contributed by atoms with Crippen molar-refractivity contribution < 1.29 is 53.4 Å². The van der Waals surface area contributed by atoms with Crippen LogP contribution in [0.4, 0.5) is 4.79 Å². The number of nitrogens with zero attached hydrogens (tertiary/aromatic N) is 2. The third-order valence-corrected chi connectivity index (χ3v) is 10.6. The SMILES string of the molecule is CC.CCC(=O)OC1/C=C/C(C)C(/C(C)=C/C=C/C(C)C(OC(=O)N2CCN(CCO)CC2)C2OC2C(C)C(CC)OC)OC(=O)CC(O)CCC1(C)O. The average Bonchev–Trinajstić information content (AvgIpc) is 3.95. The molecule has 2 fully saturated rings. The van der Waals surface area contributed by atoms with Gasteiger partial charge < -0.3 is 43.9 Å². The number of hydrogen-bond acceptors (Lipinski definition) is 12. The Morgan fingerprint density at radius 3 is 2.37 bits per heavy atom. The van der Waals surface area contributed by atoms with Crippen molar-refractivity contribution >= 4 is 18.0 Å². The number of β-amino-alcohol motifs (C(OH)–C–C–N with tert-alkyl or cyclic N) is 1. The fourth-order valence-corrected chi connectivity index (χ4v) is 7.01. The fraction of sp³-hybridized carbons (Fsp3) is 0.780. The van der Waals surface area contributed by atoms with Gasteiger partial charge in [-0.2, -0.15) is 0 Å². The van der Waals surface area contributed by atoms with Crippen molar-refractivity contribution in [2.24, 2.45) is 17.8 Å². The first-order valence-electron chi connectivity index (χ1n) is 19.9. The summed E-state index contributed by atoms with van der Waals surface area (Å²) in [5.74, 6) is -1.54. The van der Waals surface area contributed by atoms with Crippen LogP contribution in [-0.2, 0) is 33.3 Å². The first-order valence-corrected chi connectivity index (χ1v) is 19.9. The van der Waals surface area contributed by atoms with Gasteiger partial charge in [0.1, 0.15) is 30.0 Å². The van der Waals surface area contributed by atoms with Gasteiger partial charge in [0.2, 0.25) is 0 Å². The maximum absolute atomic E-state index is 13.4. The average molecular weight is 767 g/mol. The number of esters is 2. The van der Waals surface area contributed by atoms with E-state index in [0.717, 1.165) is 12.0 Å². The van der Waals surface area contributed by atoms with Gasteiger partial charge in [-0.3, -0.25) is 14.5 Å². The summed E-state index contributed by atoms with van der Waals surface area (Å²) in [6, 6.07) is 0. The highest BCUT2D eigenvalue weighted by Crippen LogP contribution is 2.39. The lowest BCUT2D eigenvalue weighted by molar-refractivity contribution is -0.159. The van der Waals surface area contributed by atoms with Gasteiger partial charge in [-0.25, -0.2) is 4.79 Å². The quantitative estimate of drug-likeness (QED) is 0.0727. The second kappa shape index (κ2) is 23.3. The van der Waals surface area contributed by atoms with Gasteiger partial charge in [0.25, 0.3) is 0 Å². The summed E-state index contributed by atoms with van der Waals surface area (Å²) in [4.78, 5) is 42.3. The van der Waals surface area contributed by atoms with E-state index < -0.39 is 48.0 Å². The number of amides is 1.